The number of carbonyl (C=O) groups excluding carboxylic acids is 1. The highest BCUT2D eigenvalue weighted by atomic mass is 16.2. The van der Waals surface area contributed by atoms with Crippen LogP contribution in [-0.4, -0.2) is 35.9 Å². The summed E-state index contributed by atoms with van der Waals surface area (Å²) in [6.07, 6.45) is 2.57. The van der Waals surface area contributed by atoms with Crippen LogP contribution in [0.4, 0.5) is 0 Å². The van der Waals surface area contributed by atoms with Gasteiger partial charge in [0.2, 0.25) is 5.91 Å². The van der Waals surface area contributed by atoms with Crippen LogP contribution < -0.4 is 11.5 Å². The molecule has 4 N–H and O–H groups in total. The third kappa shape index (κ3) is 2.45. The van der Waals surface area contributed by atoms with E-state index in [-0.39, 0.29) is 5.91 Å². The van der Waals surface area contributed by atoms with Gasteiger partial charge in [-0.3, -0.25) is 14.7 Å². The smallest absolute Gasteiger partial charge is 0.246 e. The molecule has 0 aliphatic carbocycles. The summed E-state index contributed by atoms with van der Waals surface area (Å²) in [5.41, 5.74) is 11.3. The fourth-order valence-corrected chi connectivity index (χ4v) is 1.44. The highest BCUT2D eigenvalue weighted by Crippen LogP contribution is 2.09. The average molecular weight is 198 g/mol. The zero-order chi connectivity index (χ0) is 10.6. The van der Waals surface area contributed by atoms with Gasteiger partial charge in [-0.15, -0.1) is 0 Å². The summed E-state index contributed by atoms with van der Waals surface area (Å²) in [7, 11) is 0. The molecule has 0 aromatic carbocycles. The molecule has 0 radical (unpaired) electrons. The standard InChI is InChI=1S/C9H18N4O/c1-2-5-12-9(11)13-6-3-4-7(10)8(13)14/h7H,2-6,10H2,1H3,(H2,11,12). The molecular formula is C9H18N4O. The Hall–Kier alpha value is -1.10. The minimum absolute atomic E-state index is 0.103. The fourth-order valence-electron chi connectivity index (χ4n) is 1.44. The summed E-state index contributed by atoms with van der Waals surface area (Å²) in [4.78, 5) is 17.2. The summed E-state index contributed by atoms with van der Waals surface area (Å²) in [6, 6.07) is -0.404. The lowest BCUT2D eigenvalue weighted by Crippen LogP contribution is -2.53. The molecular weight excluding hydrogens is 180 g/mol. The van der Waals surface area contributed by atoms with Gasteiger partial charge in [0.15, 0.2) is 5.96 Å². The highest BCUT2D eigenvalue weighted by molar-refractivity contribution is 5.99. The van der Waals surface area contributed by atoms with E-state index in [1.165, 1.54) is 4.90 Å². The van der Waals surface area contributed by atoms with Crippen molar-refractivity contribution in [3.63, 3.8) is 0 Å². The van der Waals surface area contributed by atoms with Crippen LogP contribution in [0.15, 0.2) is 4.99 Å². The van der Waals surface area contributed by atoms with Crippen molar-refractivity contribution >= 4 is 11.9 Å². The second-order valence-electron chi connectivity index (χ2n) is 3.48. The zero-order valence-corrected chi connectivity index (χ0v) is 8.57. The van der Waals surface area contributed by atoms with Gasteiger partial charge in [-0.25, -0.2) is 0 Å². The Morgan fingerprint density at radius 2 is 2.43 bits per heavy atom. The lowest BCUT2D eigenvalue weighted by Gasteiger charge is -2.29. The van der Waals surface area contributed by atoms with E-state index in [0.717, 1.165) is 19.3 Å². The molecule has 0 spiro atoms. The predicted octanol–water partition coefficient (Wildman–Crippen LogP) is -0.339. The minimum atomic E-state index is -0.404. The molecule has 1 unspecified atom stereocenters. The van der Waals surface area contributed by atoms with E-state index in [9.17, 15) is 4.79 Å². The van der Waals surface area contributed by atoms with E-state index >= 15 is 0 Å². The van der Waals surface area contributed by atoms with Crippen molar-refractivity contribution in [1.29, 1.82) is 0 Å². The SMILES string of the molecule is CCCN=C(N)N1CCCC(N)C1=O. The first kappa shape index (κ1) is 11.0. The molecule has 1 rings (SSSR count). The van der Waals surface area contributed by atoms with Crippen LogP contribution in [0, 0.1) is 0 Å². The molecule has 1 aliphatic rings. The van der Waals surface area contributed by atoms with E-state index in [4.69, 9.17) is 11.5 Å². The van der Waals surface area contributed by atoms with Crippen molar-refractivity contribution in [1.82, 2.24) is 4.90 Å². The Balaban J connectivity index is 2.61. The molecule has 0 saturated carbocycles. The number of hydrogen-bond donors (Lipinski definition) is 2. The topological polar surface area (TPSA) is 84.7 Å². The number of hydrogen-bond acceptors (Lipinski definition) is 3. The highest BCUT2D eigenvalue weighted by Gasteiger charge is 2.27. The largest absolute Gasteiger partial charge is 0.369 e. The maximum absolute atomic E-state index is 11.6. The average Bonchev–Trinajstić information content (AvgIpc) is 2.18. The number of aliphatic imine (C=N–C) groups is 1. The molecule has 80 valence electrons. The van der Waals surface area contributed by atoms with E-state index in [2.05, 4.69) is 4.99 Å². The quantitative estimate of drug-likeness (QED) is 0.470. The van der Waals surface area contributed by atoms with Crippen LogP contribution in [0.5, 0.6) is 0 Å². The molecule has 5 nitrogen and oxygen atoms in total. The summed E-state index contributed by atoms with van der Waals surface area (Å²) < 4.78 is 0. The van der Waals surface area contributed by atoms with Gasteiger partial charge in [0, 0.05) is 13.1 Å². The third-order valence-electron chi connectivity index (χ3n) is 2.25. The number of carbonyl (C=O) groups is 1. The second-order valence-corrected chi connectivity index (χ2v) is 3.48. The number of likely N-dealkylation sites (tertiary alicyclic amines) is 1. The molecule has 1 saturated heterocycles. The monoisotopic (exact) mass is 198 g/mol. The number of rotatable bonds is 2. The first-order valence-electron chi connectivity index (χ1n) is 5.03. The lowest BCUT2D eigenvalue weighted by molar-refractivity contribution is -0.130. The maximum atomic E-state index is 11.6. The van der Waals surface area contributed by atoms with E-state index in [0.29, 0.717) is 19.0 Å². The maximum Gasteiger partial charge on any atom is 0.246 e. The summed E-state index contributed by atoms with van der Waals surface area (Å²) in [5, 5.41) is 0. The van der Waals surface area contributed by atoms with Crippen molar-refractivity contribution < 1.29 is 4.79 Å². The van der Waals surface area contributed by atoms with Gasteiger partial charge in [0.1, 0.15) is 0 Å². The molecule has 0 bridgehead atoms. The number of nitrogens with two attached hydrogens (primary N) is 2. The summed E-state index contributed by atoms with van der Waals surface area (Å²) in [5.74, 6) is 0.209. The lowest BCUT2D eigenvalue weighted by atomic mass is 10.1. The first-order chi connectivity index (χ1) is 6.66. The summed E-state index contributed by atoms with van der Waals surface area (Å²) in [6.45, 7) is 3.32. The molecule has 1 amide bonds. The summed E-state index contributed by atoms with van der Waals surface area (Å²) >= 11 is 0. The normalized spacial score (nSPS) is 24.1. The van der Waals surface area contributed by atoms with E-state index < -0.39 is 6.04 Å². The van der Waals surface area contributed by atoms with Gasteiger partial charge in [0.05, 0.1) is 6.04 Å². The predicted molar refractivity (Wildman–Crippen MR) is 55.7 cm³/mol. The number of nitrogens with zero attached hydrogens (tertiary/aromatic N) is 2. The minimum Gasteiger partial charge on any atom is -0.369 e. The molecule has 1 aliphatic heterocycles. The van der Waals surface area contributed by atoms with Crippen LogP contribution in [0.25, 0.3) is 0 Å². The van der Waals surface area contributed by atoms with Crippen molar-refractivity contribution in [2.75, 3.05) is 13.1 Å². The molecule has 0 aromatic heterocycles. The van der Waals surface area contributed by atoms with Gasteiger partial charge in [-0.2, -0.15) is 0 Å². The van der Waals surface area contributed by atoms with Gasteiger partial charge in [-0.1, -0.05) is 6.92 Å². The van der Waals surface area contributed by atoms with Crippen LogP contribution in [0.1, 0.15) is 26.2 Å². The first-order valence-corrected chi connectivity index (χ1v) is 5.03. The van der Waals surface area contributed by atoms with Crippen molar-refractivity contribution in [2.24, 2.45) is 16.5 Å². The Kier molecular flexibility index (Phi) is 3.88. The van der Waals surface area contributed by atoms with Crippen LogP contribution >= 0.6 is 0 Å². The number of guanidine groups is 1. The molecule has 5 heteroatoms. The van der Waals surface area contributed by atoms with Crippen LogP contribution in [0.3, 0.4) is 0 Å². The van der Waals surface area contributed by atoms with Crippen LogP contribution in [-0.2, 0) is 4.79 Å². The van der Waals surface area contributed by atoms with Gasteiger partial charge in [0.25, 0.3) is 0 Å². The van der Waals surface area contributed by atoms with E-state index in [1.807, 2.05) is 6.92 Å². The fraction of sp³-hybridized carbons (Fsp3) is 0.778. The molecule has 14 heavy (non-hydrogen) atoms. The molecule has 1 atom stereocenters. The van der Waals surface area contributed by atoms with Crippen LogP contribution in [0.2, 0.25) is 0 Å². The molecule has 1 heterocycles. The van der Waals surface area contributed by atoms with Crippen molar-refractivity contribution in [2.45, 2.75) is 32.2 Å². The van der Waals surface area contributed by atoms with Gasteiger partial charge >= 0.3 is 0 Å². The zero-order valence-electron chi connectivity index (χ0n) is 8.57. The van der Waals surface area contributed by atoms with Crippen molar-refractivity contribution in [3.05, 3.63) is 0 Å². The van der Waals surface area contributed by atoms with Crippen molar-refractivity contribution in [3.8, 4) is 0 Å². The van der Waals surface area contributed by atoms with E-state index in [1.54, 1.807) is 0 Å². The Bertz CT molecular complexity index is 239. The van der Waals surface area contributed by atoms with Gasteiger partial charge < -0.3 is 11.5 Å². The second kappa shape index (κ2) is 4.95. The third-order valence-corrected chi connectivity index (χ3v) is 2.25. The molecule has 1 fully saturated rings. The molecule has 0 aromatic rings. The number of piperidine rings is 1. The Labute approximate surface area is 84.1 Å². The Morgan fingerprint density at radius 1 is 1.71 bits per heavy atom. The van der Waals surface area contributed by atoms with Gasteiger partial charge in [-0.05, 0) is 19.3 Å². The number of amides is 1. The Morgan fingerprint density at radius 3 is 3.07 bits per heavy atom.